The second-order valence-electron chi connectivity index (χ2n) is 7.85. The number of nitrogens with zero attached hydrogens (tertiary/aromatic N) is 3. The molecule has 1 heterocycles. The molecule has 0 atom stereocenters. The van der Waals surface area contributed by atoms with E-state index in [9.17, 15) is 13.0 Å². The molecule has 0 spiro atoms. The van der Waals surface area contributed by atoms with E-state index in [1.54, 1.807) is 30.5 Å². The Bertz CT molecular complexity index is 1680. The monoisotopic (exact) mass is 504 g/mol. The molecule has 3 N–H and O–H groups in total. The molecular weight excluding hydrogens is 483 g/mol. The molecule has 5 aromatic rings. The Morgan fingerprint density at radius 1 is 0.750 bits per heavy atom. The molecule has 7 nitrogen and oxygen atoms in total. The number of hydrogen-bond acceptors (Lipinski definition) is 6. The van der Waals surface area contributed by atoms with Crippen LogP contribution in [0.2, 0.25) is 0 Å². The van der Waals surface area contributed by atoms with E-state index in [0.29, 0.717) is 16.5 Å². The average molecular weight is 505 g/mol. The van der Waals surface area contributed by atoms with Gasteiger partial charge in [-0.15, -0.1) is 10.2 Å². The molecule has 0 aliphatic heterocycles. The molecule has 1 aromatic heterocycles. The summed E-state index contributed by atoms with van der Waals surface area (Å²) in [5.74, 6) is 0. The van der Waals surface area contributed by atoms with Crippen LogP contribution in [0.5, 0.6) is 0 Å². The number of benzene rings is 4. The predicted octanol–water partition coefficient (Wildman–Crippen LogP) is 6.16. The van der Waals surface area contributed by atoms with Gasteiger partial charge in [-0.3, -0.25) is 9.54 Å². The van der Waals surface area contributed by atoms with Crippen molar-refractivity contribution >= 4 is 67.5 Å². The van der Waals surface area contributed by atoms with Crippen LogP contribution in [-0.2, 0) is 10.1 Å². The molecule has 0 bridgehead atoms. The predicted molar refractivity (Wildman–Crippen MR) is 145 cm³/mol. The van der Waals surface area contributed by atoms with Gasteiger partial charge in [-0.05, 0) is 17.7 Å². The molecule has 5 rings (SSSR count). The Balaban J connectivity index is 0.00000304. The van der Waals surface area contributed by atoms with Crippen LogP contribution in [0.15, 0.2) is 118 Å². The number of anilines is 1. The van der Waals surface area contributed by atoms with Gasteiger partial charge in [-0.1, -0.05) is 84.9 Å². The minimum atomic E-state index is -4.50. The van der Waals surface area contributed by atoms with Crippen LogP contribution < -0.4 is 5.73 Å². The molecule has 0 saturated heterocycles. The number of nitrogen functional groups attached to an aromatic ring is 1. The first kappa shape index (κ1) is 25.7. The zero-order valence-corrected chi connectivity index (χ0v) is 19.2. The standard InChI is InChI=1S/C27H20N4O3S.Na.H/c28-26-22-14-8-7-13-21(22)25(35(32,33)34)16-24(26)31-30-20-15-23(18-9-3-1-4-10-18)27(29-17-20)19-11-5-2-6-12-19;;/h1-17H,28H2,(H,32,33,34);;/b31-30+;;. The Kier molecular flexibility index (Phi) is 7.63. The van der Waals surface area contributed by atoms with E-state index >= 15 is 0 Å². The number of fused-ring (bicyclic) bond motifs is 1. The van der Waals surface area contributed by atoms with E-state index in [1.807, 2.05) is 66.7 Å². The van der Waals surface area contributed by atoms with Crippen molar-refractivity contribution in [3.63, 3.8) is 0 Å². The topological polar surface area (TPSA) is 118 Å². The Morgan fingerprint density at radius 3 is 1.97 bits per heavy atom. The van der Waals surface area contributed by atoms with Crippen molar-refractivity contribution in [1.29, 1.82) is 0 Å². The van der Waals surface area contributed by atoms with Crippen molar-refractivity contribution in [3.05, 3.63) is 103 Å². The van der Waals surface area contributed by atoms with Crippen LogP contribution in [0.25, 0.3) is 33.2 Å². The van der Waals surface area contributed by atoms with Crippen LogP contribution in [-0.4, -0.2) is 47.5 Å². The van der Waals surface area contributed by atoms with Crippen molar-refractivity contribution in [2.75, 3.05) is 5.73 Å². The quantitative estimate of drug-likeness (QED) is 0.129. The van der Waals surface area contributed by atoms with E-state index in [4.69, 9.17) is 5.73 Å². The Hall–Kier alpha value is -3.40. The molecule has 0 aliphatic carbocycles. The molecule has 4 aromatic carbocycles. The zero-order valence-electron chi connectivity index (χ0n) is 18.4. The van der Waals surface area contributed by atoms with Crippen LogP contribution >= 0.6 is 0 Å². The summed E-state index contributed by atoms with van der Waals surface area (Å²) in [6, 6.07) is 29.4. The van der Waals surface area contributed by atoms with Gasteiger partial charge in [0.05, 0.1) is 17.6 Å². The summed E-state index contributed by atoms with van der Waals surface area (Å²) in [7, 11) is -4.50. The Labute approximate surface area is 230 Å². The van der Waals surface area contributed by atoms with Gasteiger partial charge in [0.25, 0.3) is 10.1 Å². The summed E-state index contributed by atoms with van der Waals surface area (Å²) >= 11 is 0. The second-order valence-corrected chi connectivity index (χ2v) is 9.24. The third-order valence-electron chi connectivity index (χ3n) is 5.58. The summed E-state index contributed by atoms with van der Waals surface area (Å²) in [5.41, 5.74) is 10.7. The van der Waals surface area contributed by atoms with Gasteiger partial charge in [0.1, 0.15) is 16.3 Å². The molecule has 0 radical (unpaired) electrons. The van der Waals surface area contributed by atoms with Gasteiger partial charge >= 0.3 is 29.6 Å². The number of nitrogens with two attached hydrogens (primary N) is 1. The van der Waals surface area contributed by atoms with Gasteiger partial charge in [0.2, 0.25) is 0 Å². The van der Waals surface area contributed by atoms with Crippen molar-refractivity contribution < 1.29 is 13.0 Å². The first-order valence-corrected chi connectivity index (χ1v) is 12.2. The maximum absolute atomic E-state index is 12.0. The first-order valence-electron chi connectivity index (χ1n) is 10.7. The van der Waals surface area contributed by atoms with Crippen molar-refractivity contribution in [1.82, 2.24) is 4.98 Å². The molecule has 36 heavy (non-hydrogen) atoms. The fourth-order valence-corrected chi connectivity index (χ4v) is 4.65. The van der Waals surface area contributed by atoms with Crippen molar-refractivity contribution in [2.24, 2.45) is 10.2 Å². The number of aromatic nitrogens is 1. The van der Waals surface area contributed by atoms with Gasteiger partial charge in [-0.25, -0.2) is 0 Å². The SMILES string of the molecule is Nc1c(/N=N/c2cnc(-c3ccccc3)c(-c3ccccc3)c2)cc(S(=O)(=O)O)c2ccccc12.[NaH]. The van der Waals surface area contributed by atoms with E-state index in [0.717, 1.165) is 22.4 Å². The molecular formula is C27H21N4NaO3S. The number of azo groups is 1. The summed E-state index contributed by atoms with van der Waals surface area (Å²) in [5, 5.41) is 9.29. The zero-order chi connectivity index (χ0) is 24.4. The molecule has 0 amide bonds. The molecule has 9 heteroatoms. The average Bonchev–Trinajstić information content (AvgIpc) is 2.88. The van der Waals surface area contributed by atoms with E-state index in [2.05, 4.69) is 15.2 Å². The van der Waals surface area contributed by atoms with Crippen LogP contribution in [0.1, 0.15) is 0 Å². The maximum atomic E-state index is 12.0. The summed E-state index contributed by atoms with van der Waals surface area (Å²) in [4.78, 5) is 4.37. The summed E-state index contributed by atoms with van der Waals surface area (Å²) in [6.07, 6.45) is 1.60. The van der Waals surface area contributed by atoms with Gasteiger partial charge in [0, 0.05) is 21.9 Å². The second kappa shape index (κ2) is 10.7. The van der Waals surface area contributed by atoms with E-state index in [-0.39, 0.29) is 45.8 Å². The van der Waals surface area contributed by atoms with Crippen LogP contribution in [0.3, 0.4) is 0 Å². The Morgan fingerprint density at radius 2 is 1.33 bits per heavy atom. The van der Waals surface area contributed by atoms with Crippen molar-refractivity contribution in [2.45, 2.75) is 4.90 Å². The fourth-order valence-electron chi connectivity index (χ4n) is 3.93. The van der Waals surface area contributed by atoms with Gasteiger partial charge in [-0.2, -0.15) is 8.42 Å². The molecule has 0 aliphatic rings. The number of rotatable bonds is 5. The molecule has 0 fully saturated rings. The molecule has 0 unspecified atom stereocenters. The van der Waals surface area contributed by atoms with Gasteiger partial charge < -0.3 is 5.73 Å². The normalized spacial score (nSPS) is 11.5. The molecule has 0 saturated carbocycles. The van der Waals surface area contributed by atoms with Crippen LogP contribution in [0, 0.1) is 0 Å². The summed E-state index contributed by atoms with van der Waals surface area (Å²) in [6.45, 7) is 0. The van der Waals surface area contributed by atoms with Crippen molar-refractivity contribution in [3.8, 4) is 22.4 Å². The third-order valence-corrected chi connectivity index (χ3v) is 6.48. The number of pyridine rings is 1. The van der Waals surface area contributed by atoms with E-state index < -0.39 is 10.1 Å². The van der Waals surface area contributed by atoms with Crippen LogP contribution in [0.4, 0.5) is 17.1 Å². The van der Waals surface area contributed by atoms with E-state index in [1.165, 1.54) is 6.07 Å². The fraction of sp³-hybridized carbons (Fsp3) is 0. The molecule has 174 valence electrons. The third kappa shape index (κ3) is 5.23. The summed E-state index contributed by atoms with van der Waals surface area (Å²) < 4.78 is 33.7. The van der Waals surface area contributed by atoms with Gasteiger partial charge in [0.15, 0.2) is 0 Å². The number of hydrogen-bond donors (Lipinski definition) is 2. The first-order chi connectivity index (χ1) is 16.9. The minimum absolute atomic E-state index is 0.